The summed E-state index contributed by atoms with van der Waals surface area (Å²) in [6.45, 7) is 3.71. The number of aromatic nitrogens is 1. The molecule has 0 saturated carbocycles. The summed E-state index contributed by atoms with van der Waals surface area (Å²) in [5, 5.41) is 3.08. The molecule has 5 nitrogen and oxygen atoms in total. The molecule has 1 aromatic carbocycles. The first-order valence-electron chi connectivity index (χ1n) is 10.8. The van der Waals surface area contributed by atoms with E-state index in [9.17, 15) is 22.8 Å². The van der Waals surface area contributed by atoms with E-state index < -0.39 is 23.3 Å². The second kappa shape index (κ2) is 8.22. The van der Waals surface area contributed by atoms with Crippen LogP contribution in [0.1, 0.15) is 72.2 Å². The van der Waals surface area contributed by atoms with Crippen LogP contribution in [-0.2, 0) is 11.0 Å². The lowest BCUT2D eigenvalue weighted by molar-refractivity contribution is -0.137. The van der Waals surface area contributed by atoms with Crippen LogP contribution < -0.4 is 5.32 Å². The summed E-state index contributed by atoms with van der Waals surface area (Å²) in [6.07, 6.45) is -0.0960. The maximum absolute atomic E-state index is 13.7. The molecule has 2 fully saturated rings. The summed E-state index contributed by atoms with van der Waals surface area (Å²) < 4.78 is 40.2. The molecule has 0 radical (unpaired) electrons. The van der Waals surface area contributed by atoms with Crippen LogP contribution in [-0.4, -0.2) is 33.3 Å². The molecule has 2 amide bonds. The Kier molecular flexibility index (Phi) is 5.73. The second-order valence-corrected chi connectivity index (χ2v) is 8.97. The third-order valence-electron chi connectivity index (χ3n) is 6.57. The molecule has 0 spiro atoms. The van der Waals surface area contributed by atoms with Gasteiger partial charge >= 0.3 is 6.18 Å². The summed E-state index contributed by atoms with van der Waals surface area (Å²) >= 11 is 0. The Balaban J connectivity index is 1.80. The van der Waals surface area contributed by atoms with E-state index in [1.54, 1.807) is 23.1 Å². The highest BCUT2D eigenvalue weighted by Crippen LogP contribution is 2.46. The van der Waals surface area contributed by atoms with E-state index in [0.29, 0.717) is 36.8 Å². The number of carbonyl (C=O) groups is 2. The maximum Gasteiger partial charge on any atom is 0.416 e. The lowest BCUT2D eigenvalue weighted by Crippen LogP contribution is -2.56. The minimum absolute atomic E-state index is 0.0914. The van der Waals surface area contributed by atoms with Gasteiger partial charge in [0.05, 0.1) is 28.7 Å². The summed E-state index contributed by atoms with van der Waals surface area (Å²) in [5.41, 5.74) is 0.0727. The van der Waals surface area contributed by atoms with Crippen molar-refractivity contribution in [2.75, 3.05) is 0 Å². The highest BCUT2D eigenvalue weighted by molar-refractivity contribution is 5.95. The fraction of sp³-hybridized carbons (Fsp3) is 0.458. The standard InChI is InChI=1S/C24H26F3N3O2/c1-15-10-11-17(14-28-15)22(32)30-19(16-6-5-7-18(12-16)24(25,26)27)13-23(2)20(30)8-3-4-9-21(31)29-23/h5-7,10-12,14,19-20H,3-4,8-9,13H2,1-2H3,(H,29,31)/t19-,20-,23-/m0/s1. The van der Waals surface area contributed by atoms with Crippen LogP contribution in [0.15, 0.2) is 42.6 Å². The number of nitrogens with zero attached hydrogens (tertiary/aromatic N) is 2. The van der Waals surface area contributed by atoms with Crippen LogP contribution in [0.4, 0.5) is 13.2 Å². The van der Waals surface area contributed by atoms with Crippen LogP contribution in [0, 0.1) is 6.92 Å². The average Bonchev–Trinajstić information content (AvgIpc) is 3.01. The summed E-state index contributed by atoms with van der Waals surface area (Å²) in [7, 11) is 0. The summed E-state index contributed by atoms with van der Waals surface area (Å²) in [6, 6.07) is 7.63. The Morgan fingerprint density at radius 3 is 2.69 bits per heavy atom. The number of rotatable bonds is 2. The topological polar surface area (TPSA) is 62.3 Å². The number of hydrogen-bond donors (Lipinski definition) is 1. The van der Waals surface area contributed by atoms with Crippen LogP contribution in [0.5, 0.6) is 0 Å². The number of halogens is 3. The van der Waals surface area contributed by atoms with Crippen molar-refractivity contribution in [1.82, 2.24) is 15.2 Å². The van der Waals surface area contributed by atoms with Crippen LogP contribution in [0.3, 0.4) is 0 Å². The SMILES string of the molecule is Cc1ccc(C(=O)N2[C@H]3CCCCC(=O)N[C@@]3(C)C[C@H]2c2cccc(C(F)(F)F)c2)cn1. The van der Waals surface area contributed by atoms with Crippen LogP contribution >= 0.6 is 0 Å². The molecule has 3 heterocycles. The number of amides is 2. The number of aryl methyl sites for hydroxylation is 1. The molecule has 2 aromatic rings. The molecule has 32 heavy (non-hydrogen) atoms. The van der Waals surface area contributed by atoms with Crippen LogP contribution in [0.2, 0.25) is 0 Å². The van der Waals surface area contributed by atoms with Gasteiger partial charge in [-0.3, -0.25) is 14.6 Å². The van der Waals surface area contributed by atoms with Gasteiger partial charge in [0.2, 0.25) is 5.91 Å². The Morgan fingerprint density at radius 1 is 1.22 bits per heavy atom. The highest BCUT2D eigenvalue weighted by Gasteiger charge is 2.52. The zero-order valence-electron chi connectivity index (χ0n) is 18.1. The van der Waals surface area contributed by atoms with Crippen molar-refractivity contribution >= 4 is 11.8 Å². The van der Waals surface area contributed by atoms with E-state index in [-0.39, 0.29) is 17.9 Å². The Morgan fingerprint density at radius 2 is 2.00 bits per heavy atom. The van der Waals surface area contributed by atoms with Crippen molar-refractivity contribution in [2.24, 2.45) is 0 Å². The number of pyridine rings is 1. The van der Waals surface area contributed by atoms with Crippen molar-refractivity contribution < 1.29 is 22.8 Å². The fourth-order valence-corrected chi connectivity index (χ4v) is 4.98. The predicted octanol–water partition coefficient (Wildman–Crippen LogP) is 4.81. The lowest BCUT2D eigenvalue weighted by Gasteiger charge is -2.38. The molecule has 1 N–H and O–H groups in total. The van der Waals surface area contributed by atoms with Gasteiger partial charge in [0.1, 0.15) is 0 Å². The van der Waals surface area contributed by atoms with Gasteiger partial charge in [-0.1, -0.05) is 18.6 Å². The molecule has 0 bridgehead atoms. The fourth-order valence-electron chi connectivity index (χ4n) is 4.98. The minimum atomic E-state index is -4.48. The first kappa shape index (κ1) is 22.3. The first-order valence-corrected chi connectivity index (χ1v) is 10.8. The second-order valence-electron chi connectivity index (χ2n) is 8.97. The van der Waals surface area contributed by atoms with Gasteiger partial charge in [0, 0.05) is 18.3 Å². The number of carbonyl (C=O) groups excluding carboxylic acids is 2. The third-order valence-corrected chi connectivity index (χ3v) is 6.57. The van der Waals surface area contributed by atoms with E-state index in [1.165, 1.54) is 12.3 Å². The Bertz CT molecular complexity index is 1020. The van der Waals surface area contributed by atoms with E-state index in [4.69, 9.17) is 0 Å². The van der Waals surface area contributed by atoms with Crippen molar-refractivity contribution in [3.05, 3.63) is 65.0 Å². The van der Waals surface area contributed by atoms with Gasteiger partial charge in [-0.05, 0) is 62.9 Å². The zero-order chi connectivity index (χ0) is 23.1. The third kappa shape index (κ3) is 4.23. The first-order chi connectivity index (χ1) is 15.1. The largest absolute Gasteiger partial charge is 0.416 e. The average molecular weight is 445 g/mol. The predicted molar refractivity (Wildman–Crippen MR) is 113 cm³/mol. The zero-order valence-corrected chi connectivity index (χ0v) is 18.1. The number of fused-ring (bicyclic) bond motifs is 1. The number of hydrogen-bond acceptors (Lipinski definition) is 3. The molecule has 2 saturated heterocycles. The van der Waals surface area contributed by atoms with Crippen LogP contribution in [0.25, 0.3) is 0 Å². The smallest absolute Gasteiger partial charge is 0.349 e. The molecule has 2 aliphatic rings. The van der Waals surface area contributed by atoms with Gasteiger partial charge in [0.25, 0.3) is 5.91 Å². The quantitative estimate of drug-likeness (QED) is 0.722. The molecule has 170 valence electrons. The Hall–Kier alpha value is -2.90. The van der Waals surface area contributed by atoms with E-state index in [2.05, 4.69) is 10.3 Å². The van der Waals surface area contributed by atoms with Gasteiger partial charge in [-0.25, -0.2) is 0 Å². The maximum atomic E-state index is 13.7. The van der Waals surface area contributed by atoms with E-state index in [0.717, 1.165) is 24.2 Å². The molecule has 0 unspecified atom stereocenters. The van der Waals surface area contributed by atoms with Crippen molar-refractivity contribution in [2.45, 2.75) is 69.8 Å². The van der Waals surface area contributed by atoms with Crippen molar-refractivity contribution in [3.8, 4) is 0 Å². The molecule has 0 aliphatic carbocycles. The molecule has 4 rings (SSSR count). The monoisotopic (exact) mass is 445 g/mol. The van der Waals surface area contributed by atoms with E-state index >= 15 is 0 Å². The number of alkyl halides is 3. The molecule has 1 aromatic heterocycles. The molecule has 8 heteroatoms. The molecule has 3 atom stereocenters. The summed E-state index contributed by atoms with van der Waals surface area (Å²) in [4.78, 5) is 32.0. The van der Waals surface area contributed by atoms with Gasteiger partial charge in [-0.15, -0.1) is 0 Å². The molecular weight excluding hydrogens is 419 g/mol. The highest BCUT2D eigenvalue weighted by atomic mass is 19.4. The van der Waals surface area contributed by atoms with Crippen molar-refractivity contribution in [1.29, 1.82) is 0 Å². The normalized spacial score (nSPS) is 26.2. The summed E-state index contributed by atoms with van der Waals surface area (Å²) in [5.74, 6) is -0.380. The molecule has 2 aliphatic heterocycles. The van der Waals surface area contributed by atoms with Gasteiger partial charge in [-0.2, -0.15) is 13.2 Å². The number of benzene rings is 1. The lowest BCUT2D eigenvalue weighted by atomic mass is 9.85. The molecular formula is C24H26F3N3O2. The van der Waals surface area contributed by atoms with Crippen molar-refractivity contribution in [3.63, 3.8) is 0 Å². The van der Waals surface area contributed by atoms with E-state index in [1.807, 2.05) is 13.8 Å². The van der Waals surface area contributed by atoms with Gasteiger partial charge in [0.15, 0.2) is 0 Å². The van der Waals surface area contributed by atoms with Gasteiger partial charge < -0.3 is 10.2 Å². The Labute approximate surface area is 185 Å². The number of nitrogens with one attached hydrogen (secondary N) is 1. The number of likely N-dealkylation sites (tertiary alicyclic amines) is 1. The minimum Gasteiger partial charge on any atom is -0.349 e.